The number of aromatic nitrogens is 2. The second-order valence-corrected chi connectivity index (χ2v) is 10.2. The van der Waals surface area contributed by atoms with Crippen LogP contribution in [-0.4, -0.2) is 37.7 Å². The third kappa shape index (κ3) is 3.22. The molecule has 3 aliphatic rings. The second kappa shape index (κ2) is 8.08. The molecule has 6 rings (SSSR count). The number of aryl methyl sites for hydroxylation is 1. The zero-order valence-corrected chi connectivity index (χ0v) is 20.8. The molecule has 1 amide bonds. The van der Waals surface area contributed by atoms with E-state index in [0.717, 1.165) is 0 Å². The summed E-state index contributed by atoms with van der Waals surface area (Å²) in [4.78, 5) is 43.2. The largest absolute Gasteiger partial charge is 0.458 e. The molecule has 4 heterocycles. The van der Waals surface area contributed by atoms with Crippen molar-refractivity contribution in [1.29, 1.82) is 0 Å². The normalized spacial score (nSPS) is 22.2. The Morgan fingerprint density at radius 1 is 1.35 bits per heavy atom. The Morgan fingerprint density at radius 3 is 2.81 bits per heavy atom. The maximum absolute atomic E-state index is 14.8. The van der Waals surface area contributed by atoms with E-state index in [2.05, 4.69) is 5.32 Å². The van der Waals surface area contributed by atoms with Crippen LogP contribution in [0.2, 0.25) is 5.02 Å². The molecule has 9 nitrogen and oxygen atoms in total. The smallest absolute Gasteiger partial charge is 0.343 e. The lowest BCUT2D eigenvalue weighted by atomic mass is 9.83. The van der Waals surface area contributed by atoms with Crippen molar-refractivity contribution >= 4 is 34.4 Å². The average molecular weight is 528 g/mol. The lowest BCUT2D eigenvalue weighted by molar-refractivity contribution is -0.172. The minimum Gasteiger partial charge on any atom is -0.458 e. The number of aliphatic hydroxyl groups is 2. The van der Waals surface area contributed by atoms with Crippen molar-refractivity contribution in [3.63, 3.8) is 0 Å². The standard InChI is InChI=1S/C26H23ClFN3O6/c1-3-26(36)14-6-18-22-12(8-31(18)24(34)13(14)9-37-25(26)35)20-16(30-23(33)10(2)32)5-4-11-19(20)17(29-22)7-15(28)21(11)27/h6-7,10,16,32,36H,3-5,8-9H2,1-2H3,(H,30,33)/t10-,16-,26-/m0/s1. The first kappa shape index (κ1) is 24.0. The Balaban J connectivity index is 1.65. The number of pyridine rings is 2. The summed E-state index contributed by atoms with van der Waals surface area (Å²) in [7, 11) is 0. The lowest BCUT2D eigenvalue weighted by Crippen LogP contribution is -2.44. The van der Waals surface area contributed by atoms with Gasteiger partial charge < -0.3 is 24.8 Å². The molecule has 3 atom stereocenters. The van der Waals surface area contributed by atoms with Crippen molar-refractivity contribution in [3.8, 4) is 11.4 Å². The van der Waals surface area contributed by atoms with Gasteiger partial charge in [0.2, 0.25) is 5.91 Å². The van der Waals surface area contributed by atoms with Gasteiger partial charge in [-0.25, -0.2) is 14.2 Å². The first-order chi connectivity index (χ1) is 17.6. The van der Waals surface area contributed by atoms with E-state index in [1.807, 2.05) is 0 Å². The van der Waals surface area contributed by atoms with Gasteiger partial charge in [-0.15, -0.1) is 0 Å². The molecule has 0 radical (unpaired) electrons. The number of nitrogens with zero attached hydrogens (tertiary/aromatic N) is 2. The summed E-state index contributed by atoms with van der Waals surface area (Å²) >= 11 is 6.34. The molecule has 192 valence electrons. The van der Waals surface area contributed by atoms with E-state index in [9.17, 15) is 29.0 Å². The Bertz CT molecular complexity index is 1620. The number of fused-ring (bicyclic) bond motifs is 5. The van der Waals surface area contributed by atoms with Crippen molar-refractivity contribution in [3.05, 3.63) is 61.1 Å². The zero-order chi connectivity index (χ0) is 26.4. The van der Waals surface area contributed by atoms with Crippen LogP contribution in [0.1, 0.15) is 60.5 Å². The molecule has 1 aromatic carbocycles. The molecule has 2 aromatic heterocycles. The number of benzene rings is 1. The van der Waals surface area contributed by atoms with Crippen LogP contribution in [0.15, 0.2) is 16.9 Å². The fraction of sp³-hybridized carbons (Fsp3) is 0.385. The lowest BCUT2D eigenvalue weighted by Gasteiger charge is -2.31. The number of hydrogen-bond acceptors (Lipinski definition) is 7. The summed E-state index contributed by atoms with van der Waals surface area (Å²) in [5, 5.41) is 24.4. The van der Waals surface area contributed by atoms with Crippen LogP contribution in [0.3, 0.4) is 0 Å². The molecule has 37 heavy (non-hydrogen) atoms. The van der Waals surface area contributed by atoms with Crippen molar-refractivity contribution in [2.24, 2.45) is 0 Å². The van der Waals surface area contributed by atoms with Crippen LogP contribution in [-0.2, 0) is 39.5 Å². The SMILES string of the molecule is CC[C@@]1(O)C(=O)OCc2c1cc1n(c2=O)Cc2c-1nc1cc(F)c(Cl)c3c1c2[C@@H](NC(=O)[C@H](C)O)CC3. The van der Waals surface area contributed by atoms with Crippen molar-refractivity contribution in [2.75, 3.05) is 0 Å². The highest BCUT2D eigenvalue weighted by Crippen LogP contribution is 2.46. The van der Waals surface area contributed by atoms with Gasteiger partial charge in [0.1, 0.15) is 18.5 Å². The highest BCUT2D eigenvalue weighted by Gasteiger charge is 2.46. The predicted molar refractivity (Wildman–Crippen MR) is 130 cm³/mol. The number of nitrogens with one attached hydrogen (secondary N) is 1. The molecule has 2 aliphatic heterocycles. The first-order valence-electron chi connectivity index (χ1n) is 12.1. The van der Waals surface area contributed by atoms with Gasteiger partial charge >= 0.3 is 5.97 Å². The summed E-state index contributed by atoms with van der Waals surface area (Å²) in [6.45, 7) is 2.84. The molecule has 0 saturated heterocycles. The van der Waals surface area contributed by atoms with Crippen LogP contribution in [0.5, 0.6) is 0 Å². The van der Waals surface area contributed by atoms with Gasteiger partial charge in [-0.3, -0.25) is 9.59 Å². The molecule has 11 heteroatoms. The highest BCUT2D eigenvalue weighted by atomic mass is 35.5. The minimum atomic E-state index is -1.98. The van der Waals surface area contributed by atoms with E-state index < -0.39 is 41.0 Å². The molecule has 0 unspecified atom stereocenters. The highest BCUT2D eigenvalue weighted by molar-refractivity contribution is 6.32. The van der Waals surface area contributed by atoms with E-state index in [0.29, 0.717) is 51.8 Å². The molecule has 0 bridgehead atoms. The average Bonchev–Trinajstić information content (AvgIpc) is 3.24. The van der Waals surface area contributed by atoms with E-state index in [1.165, 1.54) is 17.6 Å². The van der Waals surface area contributed by atoms with Gasteiger partial charge in [0.25, 0.3) is 5.56 Å². The molecule has 3 aromatic rings. The van der Waals surface area contributed by atoms with Crippen molar-refractivity contribution < 1.29 is 28.9 Å². The van der Waals surface area contributed by atoms with Gasteiger partial charge in [-0.1, -0.05) is 18.5 Å². The van der Waals surface area contributed by atoms with Gasteiger partial charge in [0.15, 0.2) is 5.60 Å². The number of amides is 1. The number of carbonyl (C=O) groups excluding carboxylic acids is 2. The topological polar surface area (TPSA) is 131 Å². The summed E-state index contributed by atoms with van der Waals surface area (Å²) in [6.07, 6.45) is -0.444. The fourth-order valence-corrected chi connectivity index (χ4v) is 6.03. The van der Waals surface area contributed by atoms with E-state index in [4.69, 9.17) is 21.3 Å². The number of cyclic esters (lactones) is 1. The number of ether oxygens (including phenoxy) is 1. The second-order valence-electron chi connectivity index (χ2n) is 9.78. The zero-order valence-electron chi connectivity index (χ0n) is 20.0. The molecule has 0 saturated carbocycles. The number of rotatable bonds is 3. The molecule has 1 aliphatic carbocycles. The number of hydrogen-bond donors (Lipinski definition) is 3. The molecular formula is C26H23ClFN3O6. The van der Waals surface area contributed by atoms with E-state index in [-0.39, 0.29) is 35.7 Å². The number of halogens is 2. The van der Waals surface area contributed by atoms with Crippen molar-refractivity contribution in [2.45, 2.75) is 64.0 Å². The number of carbonyl (C=O) groups is 2. The van der Waals surface area contributed by atoms with Crippen LogP contribution < -0.4 is 10.9 Å². The van der Waals surface area contributed by atoms with Gasteiger partial charge in [-0.2, -0.15) is 0 Å². The van der Waals surface area contributed by atoms with Crippen LogP contribution in [0, 0.1) is 5.82 Å². The maximum Gasteiger partial charge on any atom is 0.343 e. The molecule has 0 spiro atoms. The monoisotopic (exact) mass is 527 g/mol. The van der Waals surface area contributed by atoms with Gasteiger partial charge in [0, 0.05) is 22.6 Å². The Labute approximate surface area is 214 Å². The molecule has 0 fully saturated rings. The maximum atomic E-state index is 14.8. The Morgan fingerprint density at radius 2 is 2.11 bits per heavy atom. The van der Waals surface area contributed by atoms with Gasteiger partial charge in [-0.05, 0) is 43.4 Å². The van der Waals surface area contributed by atoms with Crippen LogP contribution >= 0.6 is 11.6 Å². The summed E-state index contributed by atoms with van der Waals surface area (Å²) < 4.78 is 21.4. The summed E-state index contributed by atoms with van der Waals surface area (Å²) in [6, 6.07) is 2.27. The molecule has 3 N–H and O–H groups in total. The number of esters is 1. The van der Waals surface area contributed by atoms with E-state index >= 15 is 0 Å². The van der Waals surface area contributed by atoms with Crippen LogP contribution in [0.25, 0.3) is 22.3 Å². The third-order valence-corrected chi connectivity index (χ3v) is 8.15. The van der Waals surface area contributed by atoms with Crippen molar-refractivity contribution in [1.82, 2.24) is 14.9 Å². The third-order valence-electron chi connectivity index (χ3n) is 7.74. The molecular weight excluding hydrogens is 505 g/mol. The van der Waals surface area contributed by atoms with E-state index in [1.54, 1.807) is 13.0 Å². The fourth-order valence-electron chi connectivity index (χ4n) is 5.79. The Kier molecular flexibility index (Phi) is 5.24. The van der Waals surface area contributed by atoms with Gasteiger partial charge in [0.05, 0.1) is 40.1 Å². The Hall–Kier alpha value is -3.34. The number of aliphatic hydroxyl groups excluding tert-OH is 1. The predicted octanol–water partition coefficient (Wildman–Crippen LogP) is 2.36. The summed E-state index contributed by atoms with van der Waals surface area (Å²) in [5.74, 6) is -2.01. The van der Waals surface area contributed by atoms with Crippen LogP contribution in [0.4, 0.5) is 4.39 Å². The quantitative estimate of drug-likeness (QED) is 0.349. The summed E-state index contributed by atoms with van der Waals surface area (Å²) in [5.41, 5.74) is 0.932. The minimum absolute atomic E-state index is 0.00546. The first-order valence-corrected chi connectivity index (χ1v) is 12.4.